The Hall–Kier alpha value is -0.380. The number of thiophene rings is 1. The normalized spacial score (nSPS) is 25.7. The molecule has 0 spiro atoms. The first kappa shape index (κ1) is 15.0. The molecule has 1 saturated carbocycles. The summed E-state index contributed by atoms with van der Waals surface area (Å²) in [6.07, 6.45) is 5.37. The van der Waals surface area contributed by atoms with Gasteiger partial charge in [-0.25, -0.2) is 0 Å². The second-order valence-corrected chi connectivity index (χ2v) is 6.77. The molecule has 3 atom stereocenters. The van der Waals surface area contributed by atoms with Gasteiger partial charge in [0.05, 0.1) is 0 Å². The maximum atomic E-state index is 6.01. The van der Waals surface area contributed by atoms with Crippen molar-refractivity contribution in [2.45, 2.75) is 58.5 Å². The molecule has 1 heterocycles. The van der Waals surface area contributed by atoms with Gasteiger partial charge in [0.1, 0.15) is 0 Å². The summed E-state index contributed by atoms with van der Waals surface area (Å²) in [4.78, 5) is 4.22. The van der Waals surface area contributed by atoms with E-state index in [1.807, 2.05) is 11.3 Å². The van der Waals surface area contributed by atoms with Crippen molar-refractivity contribution in [3.63, 3.8) is 0 Å². The number of rotatable bonds is 5. The first-order chi connectivity index (χ1) is 9.19. The fraction of sp³-hybridized carbons (Fsp3) is 0.750. The maximum absolute atomic E-state index is 6.01. The molecule has 0 bridgehead atoms. The van der Waals surface area contributed by atoms with E-state index in [0.717, 1.165) is 13.1 Å². The van der Waals surface area contributed by atoms with Crippen LogP contribution < -0.4 is 5.73 Å². The van der Waals surface area contributed by atoms with Crippen molar-refractivity contribution in [3.05, 3.63) is 21.9 Å². The molecule has 1 aromatic heterocycles. The number of hydrogen-bond acceptors (Lipinski definition) is 3. The van der Waals surface area contributed by atoms with Gasteiger partial charge in [-0.05, 0) is 62.7 Å². The van der Waals surface area contributed by atoms with Crippen LogP contribution in [-0.4, -0.2) is 24.0 Å². The minimum atomic E-state index is 0.530. The third-order valence-electron chi connectivity index (χ3n) is 4.74. The van der Waals surface area contributed by atoms with Crippen LogP contribution in [0.15, 0.2) is 11.4 Å². The van der Waals surface area contributed by atoms with Crippen LogP contribution in [0.5, 0.6) is 0 Å². The summed E-state index contributed by atoms with van der Waals surface area (Å²) in [5.74, 6) is 0.691. The van der Waals surface area contributed by atoms with E-state index in [-0.39, 0.29) is 0 Å². The molecule has 1 aliphatic rings. The SMILES string of the molecule is CCN(C(C)c1sccc1C)C1CCCCC1CN. The van der Waals surface area contributed by atoms with E-state index < -0.39 is 0 Å². The van der Waals surface area contributed by atoms with Crippen LogP contribution in [0.4, 0.5) is 0 Å². The third kappa shape index (κ3) is 3.21. The molecule has 2 N–H and O–H groups in total. The van der Waals surface area contributed by atoms with E-state index in [4.69, 9.17) is 5.73 Å². The summed E-state index contributed by atoms with van der Waals surface area (Å²) in [7, 11) is 0. The maximum Gasteiger partial charge on any atom is 0.0418 e. The predicted octanol–water partition coefficient (Wildman–Crippen LogP) is 3.96. The van der Waals surface area contributed by atoms with Gasteiger partial charge in [0, 0.05) is 17.0 Å². The van der Waals surface area contributed by atoms with Crippen LogP contribution in [-0.2, 0) is 0 Å². The summed E-state index contributed by atoms with van der Waals surface area (Å²) in [5.41, 5.74) is 7.45. The fourth-order valence-corrected chi connectivity index (χ4v) is 4.66. The van der Waals surface area contributed by atoms with Crippen molar-refractivity contribution in [2.75, 3.05) is 13.1 Å². The molecule has 1 aromatic rings. The Morgan fingerprint density at radius 2 is 2.16 bits per heavy atom. The average molecular weight is 280 g/mol. The molecule has 0 saturated heterocycles. The average Bonchev–Trinajstić information content (AvgIpc) is 2.86. The van der Waals surface area contributed by atoms with Crippen LogP contribution in [0, 0.1) is 12.8 Å². The van der Waals surface area contributed by atoms with Crippen LogP contribution >= 0.6 is 11.3 Å². The molecule has 0 radical (unpaired) electrons. The van der Waals surface area contributed by atoms with Gasteiger partial charge in [0.15, 0.2) is 0 Å². The third-order valence-corrected chi connectivity index (χ3v) is 5.93. The van der Waals surface area contributed by atoms with Gasteiger partial charge < -0.3 is 5.73 Å². The van der Waals surface area contributed by atoms with Crippen molar-refractivity contribution in [2.24, 2.45) is 11.7 Å². The molecular weight excluding hydrogens is 252 g/mol. The first-order valence-electron chi connectivity index (χ1n) is 7.68. The number of nitrogens with two attached hydrogens (primary N) is 1. The van der Waals surface area contributed by atoms with Crippen LogP contribution in [0.3, 0.4) is 0 Å². The lowest BCUT2D eigenvalue weighted by Gasteiger charge is -2.42. The van der Waals surface area contributed by atoms with Crippen molar-refractivity contribution in [1.82, 2.24) is 4.90 Å². The fourth-order valence-electron chi connectivity index (χ4n) is 3.66. The summed E-state index contributed by atoms with van der Waals surface area (Å²) < 4.78 is 0. The van der Waals surface area contributed by atoms with E-state index >= 15 is 0 Å². The molecule has 0 aliphatic heterocycles. The molecule has 19 heavy (non-hydrogen) atoms. The van der Waals surface area contributed by atoms with Gasteiger partial charge in [-0.1, -0.05) is 19.8 Å². The lowest BCUT2D eigenvalue weighted by Crippen LogP contribution is -2.46. The van der Waals surface area contributed by atoms with Gasteiger partial charge in [0.2, 0.25) is 0 Å². The Morgan fingerprint density at radius 3 is 2.74 bits per heavy atom. The van der Waals surface area contributed by atoms with Crippen LogP contribution in [0.1, 0.15) is 56.0 Å². The number of nitrogens with zero attached hydrogens (tertiary/aromatic N) is 1. The molecule has 3 heteroatoms. The van der Waals surface area contributed by atoms with Gasteiger partial charge in [-0.3, -0.25) is 4.90 Å². The molecule has 0 amide bonds. The minimum absolute atomic E-state index is 0.530. The molecule has 108 valence electrons. The summed E-state index contributed by atoms with van der Waals surface area (Å²) >= 11 is 1.90. The van der Waals surface area contributed by atoms with Crippen molar-refractivity contribution in [1.29, 1.82) is 0 Å². The minimum Gasteiger partial charge on any atom is -0.330 e. The van der Waals surface area contributed by atoms with Crippen molar-refractivity contribution < 1.29 is 0 Å². The summed E-state index contributed by atoms with van der Waals surface area (Å²) in [5, 5.41) is 2.22. The van der Waals surface area contributed by atoms with Crippen LogP contribution in [0.25, 0.3) is 0 Å². The highest BCUT2D eigenvalue weighted by Gasteiger charge is 2.32. The zero-order valence-corrected chi connectivity index (χ0v) is 13.4. The summed E-state index contributed by atoms with van der Waals surface area (Å²) in [6, 6.07) is 3.45. The van der Waals surface area contributed by atoms with Gasteiger partial charge in [-0.15, -0.1) is 11.3 Å². The van der Waals surface area contributed by atoms with E-state index in [1.54, 1.807) is 0 Å². The highest BCUT2D eigenvalue weighted by atomic mass is 32.1. The lowest BCUT2D eigenvalue weighted by atomic mass is 9.83. The second kappa shape index (κ2) is 6.87. The predicted molar refractivity (Wildman–Crippen MR) is 84.7 cm³/mol. The van der Waals surface area contributed by atoms with E-state index in [9.17, 15) is 0 Å². The Bertz CT molecular complexity index is 388. The van der Waals surface area contributed by atoms with Gasteiger partial charge >= 0.3 is 0 Å². The molecule has 3 unspecified atom stereocenters. The van der Waals surface area contributed by atoms with Crippen LogP contribution in [0.2, 0.25) is 0 Å². The quantitative estimate of drug-likeness (QED) is 0.884. The Labute approximate surface area is 122 Å². The zero-order chi connectivity index (χ0) is 13.8. The molecule has 1 fully saturated rings. The Kier molecular flexibility index (Phi) is 5.43. The Balaban J connectivity index is 2.16. The molecular formula is C16H28N2S. The van der Waals surface area contributed by atoms with E-state index in [2.05, 4.69) is 37.1 Å². The largest absolute Gasteiger partial charge is 0.330 e. The lowest BCUT2D eigenvalue weighted by molar-refractivity contribution is 0.0781. The molecule has 2 nitrogen and oxygen atoms in total. The zero-order valence-electron chi connectivity index (χ0n) is 12.6. The van der Waals surface area contributed by atoms with Gasteiger partial charge in [-0.2, -0.15) is 0 Å². The molecule has 2 rings (SSSR count). The second-order valence-electron chi connectivity index (χ2n) is 5.82. The summed E-state index contributed by atoms with van der Waals surface area (Å²) in [6.45, 7) is 8.86. The molecule has 0 aromatic carbocycles. The monoisotopic (exact) mass is 280 g/mol. The van der Waals surface area contributed by atoms with E-state index in [0.29, 0.717) is 18.0 Å². The highest BCUT2D eigenvalue weighted by Crippen LogP contribution is 2.35. The molecule has 1 aliphatic carbocycles. The Morgan fingerprint density at radius 1 is 1.42 bits per heavy atom. The number of hydrogen-bond donors (Lipinski definition) is 1. The topological polar surface area (TPSA) is 29.3 Å². The first-order valence-corrected chi connectivity index (χ1v) is 8.56. The van der Waals surface area contributed by atoms with Crippen molar-refractivity contribution >= 4 is 11.3 Å². The smallest absolute Gasteiger partial charge is 0.0418 e. The van der Waals surface area contributed by atoms with E-state index in [1.165, 1.54) is 36.1 Å². The standard InChI is InChI=1S/C16H28N2S/c1-4-18(13(3)16-12(2)9-10-19-16)15-8-6-5-7-14(15)11-17/h9-10,13-15H,4-8,11,17H2,1-3H3. The highest BCUT2D eigenvalue weighted by molar-refractivity contribution is 7.10. The van der Waals surface area contributed by atoms with Crippen molar-refractivity contribution in [3.8, 4) is 0 Å². The number of aryl methyl sites for hydroxylation is 1. The van der Waals surface area contributed by atoms with Gasteiger partial charge in [0.25, 0.3) is 0 Å².